The van der Waals surface area contributed by atoms with Gasteiger partial charge < -0.3 is 20.0 Å². The normalized spacial score (nSPS) is 22.8. The Morgan fingerprint density at radius 3 is 2.43 bits per heavy atom. The molecule has 158 valence electrons. The average molecular weight is 499 g/mol. The first-order valence-corrected chi connectivity index (χ1v) is 10.6. The minimum absolute atomic E-state index is 0. The SMILES string of the molecule is CCN1CCN(CC(C)CNC(=NC)N2CCC(c3ccccc3)C2)CC1.I. The van der Waals surface area contributed by atoms with Gasteiger partial charge in [0.1, 0.15) is 0 Å². The molecule has 0 spiro atoms. The smallest absolute Gasteiger partial charge is 0.193 e. The predicted molar refractivity (Wildman–Crippen MR) is 130 cm³/mol. The van der Waals surface area contributed by atoms with E-state index in [9.17, 15) is 0 Å². The summed E-state index contributed by atoms with van der Waals surface area (Å²) in [5.41, 5.74) is 1.45. The number of nitrogens with zero attached hydrogens (tertiary/aromatic N) is 4. The molecular formula is C22H38IN5. The van der Waals surface area contributed by atoms with Gasteiger partial charge in [0.15, 0.2) is 5.96 Å². The van der Waals surface area contributed by atoms with E-state index in [-0.39, 0.29) is 24.0 Å². The second kappa shape index (κ2) is 12.0. The third-order valence-corrected chi connectivity index (χ3v) is 6.06. The monoisotopic (exact) mass is 499 g/mol. The molecule has 1 aromatic rings. The van der Waals surface area contributed by atoms with E-state index in [1.54, 1.807) is 0 Å². The van der Waals surface area contributed by atoms with E-state index in [1.807, 2.05) is 7.05 Å². The van der Waals surface area contributed by atoms with Crippen LogP contribution in [0.3, 0.4) is 0 Å². The first-order valence-electron chi connectivity index (χ1n) is 10.6. The zero-order chi connectivity index (χ0) is 19.1. The highest BCUT2D eigenvalue weighted by Gasteiger charge is 2.26. The van der Waals surface area contributed by atoms with Crippen molar-refractivity contribution in [2.24, 2.45) is 10.9 Å². The van der Waals surface area contributed by atoms with Crippen LogP contribution in [0.15, 0.2) is 35.3 Å². The summed E-state index contributed by atoms with van der Waals surface area (Å²) in [6, 6.07) is 10.9. The molecule has 2 atom stereocenters. The predicted octanol–water partition coefficient (Wildman–Crippen LogP) is 2.94. The van der Waals surface area contributed by atoms with E-state index in [2.05, 4.69) is 69.2 Å². The number of aliphatic imine (C=N–C) groups is 1. The quantitative estimate of drug-likeness (QED) is 0.371. The lowest BCUT2D eigenvalue weighted by Gasteiger charge is -2.35. The number of halogens is 1. The lowest BCUT2D eigenvalue weighted by atomic mass is 9.99. The van der Waals surface area contributed by atoms with Gasteiger partial charge >= 0.3 is 0 Å². The molecule has 2 aliphatic rings. The Hall–Kier alpha value is -0.860. The molecule has 6 heteroatoms. The molecule has 2 saturated heterocycles. The second-order valence-electron chi connectivity index (χ2n) is 8.11. The summed E-state index contributed by atoms with van der Waals surface area (Å²) >= 11 is 0. The van der Waals surface area contributed by atoms with E-state index in [4.69, 9.17) is 0 Å². The molecule has 0 radical (unpaired) electrons. The Bertz CT molecular complexity index is 586. The summed E-state index contributed by atoms with van der Waals surface area (Å²) in [5.74, 6) is 2.32. The van der Waals surface area contributed by atoms with Gasteiger partial charge in [-0.15, -0.1) is 24.0 Å². The number of nitrogens with one attached hydrogen (secondary N) is 1. The first-order chi connectivity index (χ1) is 13.2. The summed E-state index contributed by atoms with van der Waals surface area (Å²) in [5, 5.41) is 3.63. The van der Waals surface area contributed by atoms with Crippen molar-refractivity contribution >= 4 is 29.9 Å². The lowest BCUT2D eigenvalue weighted by molar-refractivity contribution is 0.124. The number of hydrogen-bond acceptors (Lipinski definition) is 3. The van der Waals surface area contributed by atoms with Gasteiger partial charge in [0.25, 0.3) is 0 Å². The Morgan fingerprint density at radius 1 is 1.11 bits per heavy atom. The van der Waals surface area contributed by atoms with E-state index in [0.29, 0.717) is 11.8 Å². The number of likely N-dealkylation sites (tertiary alicyclic amines) is 1. The standard InChI is InChI=1S/C22H37N5.HI/c1-4-25-12-14-26(15-13-25)17-19(2)16-24-22(23-3)27-11-10-21(18-27)20-8-6-5-7-9-20;/h5-9,19,21H,4,10-18H2,1-3H3,(H,23,24);1H. The van der Waals surface area contributed by atoms with Gasteiger partial charge in [0.2, 0.25) is 0 Å². The van der Waals surface area contributed by atoms with Gasteiger partial charge in [-0.25, -0.2) is 0 Å². The van der Waals surface area contributed by atoms with Crippen LogP contribution in [-0.2, 0) is 0 Å². The molecule has 0 bridgehead atoms. The summed E-state index contributed by atoms with van der Waals surface area (Å²) in [6.07, 6.45) is 1.21. The molecule has 5 nitrogen and oxygen atoms in total. The number of piperazine rings is 1. The minimum atomic E-state index is 0. The Morgan fingerprint density at radius 2 is 1.79 bits per heavy atom. The van der Waals surface area contributed by atoms with E-state index in [0.717, 1.165) is 25.6 Å². The lowest BCUT2D eigenvalue weighted by Crippen LogP contribution is -2.48. The number of hydrogen-bond donors (Lipinski definition) is 1. The molecule has 0 aliphatic carbocycles. The average Bonchev–Trinajstić information content (AvgIpc) is 3.20. The van der Waals surface area contributed by atoms with Crippen molar-refractivity contribution in [2.75, 3.05) is 66.0 Å². The summed E-state index contributed by atoms with van der Waals surface area (Å²) in [4.78, 5) is 12.1. The molecule has 1 N–H and O–H groups in total. The highest BCUT2D eigenvalue weighted by molar-refractivity contribution is 14.0. The fourth-order valence-electron chi connectivity index (χ4n) is 4.34. The minimum Gasteiger partial charge on any atom is -0.356 e. The van der Waals surface area contributed by atoms with Gasteiger partial charge in [-0.05, 0) is 24.4 Å². The molecule has 2 fully saturated rings. The van der Waals surface area contributed by atoms with Crippen LogP contribution in [0, 0.1) is 5.92 Å². The molecule has 2 heterocycles. The van der Waals surface area contributed by atoms with E-state index < -0.39 is 0 Å². The third-order valence-electron chi connectivity index (χ3n) is 6.06. The van der Waals surface area contributed by atoms with Gasteiger partial charge in [-0.2, -0.15) is 0 Å². The van der Waals surface area contributed by atoms with Crippen LogP contribution in [0.5, 0.6) is 0 Å². The van der Waals surface area contributed by atoms with Crippen LogP contribution in [0.2, 0.25) is 0 Å². The fourth-order valence-corrected chi connectivity index (χ4v) is 4.34. The van der Waals surface area contributed by atoms with Gasteiger partial charge in [-0.1, -0.05) is 44.2 Å². The maximum absolute atomic E-state index is 4.55. The van der Waals surface area contributed by atoms with Crippen molar-refractivity contribution < 1.29 is 0 Å². The second-order valence-corrected chi connectivity index (χ2v) is 8.11. The molecule has 0 amide bonds. The maximum Gasteiger partial charge on any atom is 0.193 e. The molecule has 0 saturated carbocycles. The summed E-state index contributed by atoms with van der Waals surface area (Å²) < 4.78 is 0. The Balaban J connectivity index is 0.00000280. The Labute approximate surface area is 188 Å². The van der Waals surface area contributed by atoms with Crippen molar-refractivity contribution in [1.29, 1.82) is 0 Å². The molecular weight excluding hydrogens is 461 g/mol. The highest BCUT2D eigenvalue weighted by Crippen LogP contribution is 2.26. The van der Waals surface area contributed by atoms with Gasteiger partial charge in [-0.3, -0.25) is 4.99 Å². The van der Waals surface area contributed by atoms with E-state index in [1.165, 1.54) is 51.3 Å². The van der Waals surface area contributed by atoms with Crippen molar-refractivity contribution in [3.05, 3.63) is 35.9 Å². The topological polar surface area (TPSA) is 34.1 Å². The van der Waals surface area contributed by atoms with Crippen LogP contribution < -0.4 is 5.32 Å². The molecule has 3 rings (SSSR count). The van der Waals surface area contributed by atoms with Crippen LogP contribution in [0.25, 0.3) is 0 Å². The Kier molecular flexibility index (Phi) is 10.0. The number of benzene rings is 1. The van der Waals surface area contributed by atoms with Crippen LogP contribution in [0.4, 0.5) is 0 Å². The zero-order valence-corrected chi connectivity index (χ0v) is 20.1. The van der Waals surface area contributed by atoms with E-state index >= 15 is 0 Å². The number of guanidine groups is 1. The molecule has 28 heavy (non-hydrogen) atoms. The maximum atomic E-state index is 4.55. The molecule has 2 aliphatic heterocycles. The number of rotatable bonds is 6. The van der Waals surface area contributed by atoms with Crippen molar-refractivity contribution in [3.8, 4) is 0 Å². The summed E-state index contributed by atoms with van der Waals surface area (Å²) in [6.45, 7) is 15.0. The highest BCUT2D eigenvalue weighted by atomic mass is 127. The van der Waals surface area contributed by atoms with Crippen molar-refractivity contribution in [2.45, 2.75) is 26.2 Å². The van der Waals surface area contributed by atoms with Crippen LogP contribution in [-0.4, -0.2) is 86.6 Å². The summed E-state index contributed by atoms with van der Waals surface area (Å²) in [7, 11) is 1.91. The zero-order valence-electron chi connectivity index (χ0n) is 17.8. The van der Waals surface area contributed by atoms with Crippen LogP contribution >= 0.6 is 24.0 Å². The first kappa shape index (κ1) is 23.4. The fraction of sp³-hybridized carbons (Fsp3) is 0.682. The van der Waals surface area contributed by atoms with Gasteiger partial charge in [0, 0.05) is 65.3 Å². The van der Waals surface area contributed by atoms with Crippen molar-refractivity contribution in [3.63, 3.8) is 0 Å². The molecule has 1 aromatic carbocycles. The van der Waals surface area contributed by atoms with Crippen LogP contribution in [0.1, 0.15) is 31.7 Å². The third kappa shape index (κ3) is 6.59. The molecule has 0 aromatic heterocycles. The molecule has 2 unspecified atom stereocenters. The largest absolute Gasteiger partial charge is 0.356 e. The van der Waals surface area contributed by atoms with Gasteiger partial charge in [0.05, 0.1) is 0 Å². The van der Waals surface area contributed by atoms with Crippen molar-refractivity contribution in [1.82, 2.24) is 20.0 Å². The number of likely N-dealkylation sites (N-methyl/N-ethyl adjacent to an activating group) is 1.